The van der Waals surface area contributed by atoms with Gasteiger partial charge in [0.05, 0.1) is 11.6 Å². The number of amides is 1. The number of Topliss-reactive ketones (excluding diaryl/α,β-unsaturated/α-hetero) is 1. The first-order chi connectivity index (χ1) is 13.4. The van der Waals surface area contributed by atoms with Gasteiger partial charge in [0.25, 0.3) is 5.91 Å². The minimum Gasteiger partial charge on any atom is -0.374 e. The Bertz CT molecular complexity index is 1070. The van der Waals surface area contributed by atoms with E-state index in [-0.39, 0.29) is 5.78 Å². The summed E-state index contributed by atoms with van der Waals surface area (Å²) >= 11 is 6.19. The molecule has 4 nitrogen and oxygen atoms in total. The minimum absolute atomic E-state index is 0.329. The van der Waals surface area contributed by atoms with Crippen LogP contribution in [0.15, 0.2) is 72.8 Å². The van der Waals surface area contributed by atoms with Gasteiger partial charge in [-0.3, -0.25) is 9.59 Å². The van der Waals surface area contributed by atoms with Crippen LogP contribution < -0.4 is 5.32 Å². The van der Waals surface area contributed by atoms with Crippen molar-refractivity contribution >= 4 is 29.0 Å². The van der Waals surface area contributed by atoms with Crippen LogP contribution in [0.3, 0.4) is 0 Å². The van der Waals surface area contributed by atoms with Crippen LogP contribution in [0.5, 0.6) is 0 Å². The number of hydrogen-bond acceptors (Lipinski definition) is 3. The Labute approximate surface area is 167 Å². The number of rotatable bonds is 4. The van der Waals surface area contributed by atoms with Crippen LogP contribution in [0.25, 0.3) is 0 Å². The molecule has 4 rings (SSSR count). The summed E-state index contributed by atoms with van der Waals surface area (Å²) in [4.78, 5) is 26.5. The molecule has 0 bridgehead atoms. The normalized spacial score (nSPS) is 19.0. The molecule has 0 aliphatic carbocycles. The van der Waals surface area contributed by atoms with Crippen molar-refractivity contribution in [2.45, 2.75) is 18.4 Å². The van der Waals surface area contributed by atoms with Crippen LogP contribution in [-0.4, -0.2) is 16.8 Å². The van der Waals surface area contributed by atoms with Crippen LogP contribution in [0, 0.1) is 6.92 Å². The van der Waals surface area contributed by atoms with Crippen molar-refractivity contribution in [3.63, 3.8) is 0 Å². The van der Waals surface area contributed by atoms with Gasteiger partial charge in [-0.2, -0.15) is 0 Å². The zero-order valence-corrected chi connectivity index (χ0v) is 15.9. The van der Waals surface area contributed by atoms with E-state index in [9.17, 15) is 14.7 Å². The van der Waals surface area contributed by atoms with Crippen molar-refractivity contribution in [3.8, 4) is 0 Å². The lowest BCUT2D eigenvalue weighted by molar-refractivity contribution is -0.135. The molecule has 0 radical (unpaired) electrons. The summed E-state index contributed by atoms with van der Waals surface area (Å²) in [5.41, 5.74) is 0.423. The number of anilines is 1. The van der Waals surface area contributed by atoms with Gasteiger partial charge in [-0.05, 0) is 24.1 Å². The molecule has 2 atom stereocenters. The molecule has 0 saturated heterocycles. The monoisotopic (exact) mass is 391 g/mol. The highest BCUT2D eigenvalue weighted by Gasteiger charge is 2.55. The van der Waals surface area contributed by atoms with Gasteiger partial charge in [0.1, 0.15) is 0 Å². The standard InChI is InChI=1S/C23H18ClNO3/c1-14-18(24)13-12-17-20(14)25-22(27)23(17,28)19(15-8-4-2-5-9-15)21(26)16-10-6-3-7-11-16/h2-13,19,28H,1H3,(H,25,27)/t19-,23-/m1/s1. The maximum absolute atomic E-state index is 13.5. The average Bonchev–Trinajstić information content (AvgIpc) is 2.98. The molecule has 1 aliphatic heterocycles. The molecule has 3 aromatic rings. The Kier molecular flexibility index (Phi) is 4.53. The molecule has 0 unspecified atom stereocenters. The van der Waals surface area contributed by atoms with Crippen molar-refractivity contribution in [2.24, 2.45) is 0 Å². The summed E-state index contributed by atoms with van der Waals surface area (Å²) in [6.07, 6.45) is 0. The van der Waals surface area contributed by atoms with Crippen molar-refractivity contribution in [3.05, 3.63) is 100 Å². The third kappa shape index (κ3) is 2.73. The molecular formula is C23H18ClNO3. The van der Waals surface area contributed by atoms with E-state index in [0.29, 0.717) is 33.0 Å². The predicted molar refractivity (Wildman–Crippen MR) is 109 cm³/mol. The summed E-state index contributed by atoms with van der Waals surface area (Å²) < 4.78 is 0. The number of aliphatic hydroxyl groups is 1. The van der Waals surface area contributed by atoms with Gasteiger partial charge >= 0.3 is 0 Å². The Morgan fingerprint density at radius 1 is 1.00 bits per heavy atom. The summed E-state index contributed by atoms with van der Waals surface area (Å²) in [7, 11) is 0. The van der Waals surface area contributed by atoms with E-state index in [1.165, 1.54) is 0 Å². The minimum atomic E-state index is -2.04. The van der Waals surface area contributed by atoms with Gasteiger partial charge in [-0.15, -0.1) is 0 Å². The number of halogens is 1. The number of carbonyl (C=O) groups is 2. The van der Waals surface area contributed by atoms with Crippen molar-refractivity contribution in [1.29, 1.82) is 0 Å². The lowest BCUT2D eigenvalue weighted by Crippen LogP contribution is -2.44. The molecule has 140 valence electrons. The fraction of sp³-hybridized carbons (Fsp3) is 0.130. The Morgan fingerprint density at radius 2 is 1.61 bits per heavy atom. The van der Waals surface area contributed by atoms with E-state index in [4.69, 9.17) is 11.6 Å². The Morgan fingerprint density at radius 3 is 2.25 bits per heavy atom. The summed E-state index contributed by atoms with van der Waals surface area (Å²) in [5.74, 6) is -2.06. The number of hydrogen-bond donors (Lipinski definition) is 2. The van der Waals surface area contributed by atoms with Crippen molar-refractivity contribution in [2.75, 3.05) is 5.32 Å². The van der Waals surface area contributed by atoms with Crippen LogP contribution in [-0.2, 0) is 10.4 Å². The first-order valence-electron chi connectivity index (χ1n) is 8.92. The van der Waals surface area contributed by atoms with Crippen LogP contribution >= 0.6 is 11.6 Å². The molecule has 0 aromatic heterocycles. The van der Waals surface area contributed by atoms with Gasteiger partial charge in [0.2, 0.25) is 0 Å². The molecule has 5 heteroatoms. The van der Waals surface area contributed by atoms with Gasteiger partial charge in [-0.1, -0.05) is 78.3 Å². The van der Waals surface area contributed by atoms with Crippen LogP contribution in [0.1, 0.15) is 33.0 Å². The van der Waals surface area contributed by atoms with Gasteiger partial charge in [0.15, 0.2) is 11.4 Å². The van der Waals surface area contributed by atoms with Crippen LogP contribution in [0.2, 0.25) is 5.02 Å². The largest absolute Gasteiger partial charge is 0.374 e. The second-order valence-corrected chi connectivity index (χ2v) is 7.30. The SMILES string of the molecule is Cc1c(Cl)ccc2c1NC(=O)[C@]2(O)[C@@H](C(=O)c1ccccc1)c1ccccc1. The smallest absolute Gasteiger partial charge is 0.262 e. The molecule has 1 amide bonds. The molecule has 1 heterocycles. The zero-order chi connectivity index (χ0) is 19.9. The highest BCUT2D eigenvalue weighted by molar-refractivity contribution is 6.32. The lowest BCUT2D eigenvalue weighted by atomic mass is 9.74. The molecule has 1 aliphatic rings. The maximum atomic E-state index is 13.5. The topological polar surface area (TPSA) is 66.4 Å². The summed E-state index contributed by atoms with van der Waals surface area (Å²) in [6, 6.07) is 20.8. The average molecular weight is 392 g/mol. The van der Waals surface area contributed by atoms with Gasteiger partial charge < -0.3 is 10.4 Å². The fourth-order valence-electron chi connectivity index (χ4n) is 3.78. The third-order valence-corrected chi connectivity index (χ3v) is 5.67. The highest BCUT2D eigenvalue weighted by atomic mass is 35.5. The highest BCUT2D eigenvalue weighted by Crippen LogP contribution is 2.48. The van der Waals surface area contributed by atoms with Crippen molar-refractivity contribution < 1.29 is 14.7 Å². The first-order valence-corrected chi connectivity index (χ1v) is 9.30. The summed E-state index contributed by atoms with van der Waals surface area (Å²) in [5, 5.41) is 14.9. The van der Waals surface area contributed by atoms with E-state index in [0.717, 1.165) is 0 Å². The van der Waals surface area contributed by atoms with E-state index < -0.39 is 17.4 Å². The Hall–Kier alpha value is -2.95. The number of fused-ring (bicyclic) bond motifs is 1. The number of benzene rings is 3. The zero-order valence-electron chi connectivity index (χ0n) is 15.1. The molecule has 2 N–H and O–H groups in total. The maximum Gasteiger partial charge on any atom is 0.262 e. The molecule has 0 fully saturated rings. The van der Waals surface area contributed by atoms with Crippen LogP contribution in [0.4, 0.5) is 5.69 Å². The predicted octanol–water partition coefficient (Wildman–Crippen LogP) is 4.45. The first kappa shape index (κ1) is 18.4. The van der Waals surface area contributed by atoms with Gasteiger partial charge in [0, 0.05) is 16.1 Å². The number of carbonyl (C=O) groups excluding carboxylic acids is 2. The molecule has 28 heavy (non-hydrogen) atoms. The van der Waals surface area contributed by atoms with Crippen molar-refractivity contribution in [1.82, 2.24) is 0 Å². The second kappa shape index (κ2) is 6.89. The van der Waals surface area contributed by atoms with E-state index in [1.54, 1.807) is 67.6 Å². The number of ketones is 1. The number of nitrogens with one attached hydrogen (secondary N) is 1. The molecule has 0 saturated carbocycles. The molecule has 0 spiro atoms. The quantitative estimate of drug-likeness (QED) is 0.645. The fourth-order valence-corrected chi connectivity index (χ4v) is 3.94. The van der Waals surface area contributed by atoms with E-state index in [1.807, 2.05) is 12.1 Å². The third-order valence-electron chi connectivity index (χ3n) is 5.27. The molecule has 3 aromatic carbocycles. The summed E-state index contributed by atoms with van der Waals surface area (Å²) in [6.45, 7) is 1.77. The molecular weight excluding hydrogens is 374 g/mol. The lowest BCUT2D eigenvalue weighted by Gasteiger charge is -2.30. The van der Waals surface area contributed by atoms with Gasteiger partial charge in [-0.25, -0.2) is 0 Å². The Balaban J connectivity index is 1.95. The van der Waals surface area contributed by atoms with E-state index >= 15 is 0 Å². The second-order valence-electron chi connectivity index (χ2n) is 6.89. The van der Waals surface area contributed by atoms with E-state index in [2.05, 4.69) is 5.32 Å².